The molecule has 0 radical (unpaired) electrons. The molecule has 0 spiro atoms. The Morgan fingerprint density at radius 1 is 1.12 bits per heavy atom. The summed E-state index contributed by atoms with van der Waals surface area (Å²) in [7, 11) is 2.92. The average Bonchev–Trinajstić information content (AvgIpc) is 2.60. The summed E-state index contributed by atoms with van der Waals surface area (Å²) in [6.45, 7) is 1.47. The van der Waals surface area contributed by atoms with Crippen LogP contribution in [0.25, 0.3) is 0 Å². The summed E-state index contributed by atoms with van der Waals surface area (Å²) in [5, 5.41) is 0. The minimum Gasteiger partial charge on any atom is -0.494 e. The summed E-state index contributed by atoms with van der Waals surface area (Å²) in [5.74, 6) is -1.81. The number of likely N-dealkylation sites (N-methyl/N-ethyl adjacent to an activating group) is 1. The number of nitrogens with zero attached hydrogens (tertiary/aromatic N) is 1. The van der Waals surface area contributed by atoms with E-state index in [2.05, 4.69) is 0 Å². The molecule has 2 rings (SSSR count). The van der Waals surface area contributed by atoms with E-state index in [1.54, 1.807) is 31.3 Å². The number of carbonyl (C=O) groups is 2. The van der Waals surface area contributed by atoms with Gasteiger partial charge >= 0.3 is 5.97 Å². The highest BCUT2D eigenvalue weighted by Gasteiger charge is 2.23. The fourth-order valence-electron chi connectivity index (χ4n) is 2.12. The summed E-state index contributed by atoms with van der Waals surface area (Å²) < 4.78 is 23.6. The lowest BCUT2D eigenvalue weighted by Crippen LogP contribution is -2.37. The molecule has 126 valence electrons. The number of ether oxygens (including phenoxy) is 2. The van der Waals surface area contributed by atoms with Gasteiger partial charge in [0.2, 0.25) is 0 Å². The highest BCUT2D eigenvalue weighted by atomic mass is 19.1. The first-order valence-corrected chi connectivity index (χ1v) is 7.31. The maximum absolute atomic E-state index is 13.6. The van der Waals surface area contributed by atoms with Crippen LogP contribution < -0.4 is 9.64 Å². The van der Waals surface area contributed by atoms with Crippen LogP contribution in [-0.4, -0.2) is 32.1 Å². The standard InChI is InChI=1S/C18H18FNO4/c1-12(17(21)20(2)14-7-5-4-6-8-14)24-18(22)13-9-10-16(23-3)15(19)11-13/h4-12H,1-3H3/t12-/m1/s1. The Morgan fingerprint density at radius 2 is 1.79 bits per heavy atom. The second-order valence-electron chi connectivity index (χ2n) is 5.13. The van der Waals surface area contributed by atoms with Gasteiger partial charge in [-0.15, -0.1) is 0 Å². The Kier molecular flexibility index (Phi) is 5.52. The van der Waals surface area contributed by atoms with E-state index in [0.717, 1.165) is 6.07 Å². The molecule has 0 fully saturated rings. The number of carbonyl (C=O) groups excluding carboxylic acids is 2. The Morgan fingerprint density at radius 3 is 2.38 bits per heavy atom. The van der Waals surface area contributed by atoms with Crippen molar-refractivity contribution in [1.29, 1.82) is 0 Å². The molecule has 5 nitrogen and oxygen atoms in total. The number of methoxy groups -OCH3 is 1. The molecule has 0 heterocycles. The molecule has 1 amide bonds. The molecular formula is C18H18FNO4. The minimum atomic E-state index is -1.01. The van der Waals surface area contributed by atoms with Crippen LogP contribution in [0.1, 0.15) is 17.3 Å². The van der Waals surface area contributed by atoms with Gasteiger partial charge in [-0.2, -0.15) is 0 Å². The van der Waals surface area contributed by atoms with Gasteiger partial charge in [0.1, 0.15) is 0 Å². The van der Waals surface area contributed by atoms with Gasteiger partial charge in [-0.05, 0) is 37.3 Å². The number of hydrogen-bond donors (Lipinski definition) is 0. The normalized spacial score (nSPS) is 11.5. The molecule has 2 aromatic carbocycles. The van der Waals surface area contributed by atoms with Crippen molar-refractivity contribution in [2.45, 2.75) is 13.0 Å². The van der Waals surface area contributed by atoms with Gasteiger partial charge < -0.3 is 14.4 Å². The number of benzene rings is 2. The van der Waals surface area contributed by atoms with Gasteiger partial charge in [0, 0.05) is 12.7 Å². The predicted molar refractivity (Wildman–Crippen MR) is 87.7 cm³/mol. The Balaban J connectivity index is 2.05. The van der Waals surface area contributed by atoms with Crippen molar-refractivity contribution in [3.8, 4) is 5.75 Å². The molecule has 1 atom stereocenters. The zero-order chi connectivity index (χ0) is 17.7. The first kappa shape index (κ1) is 17.5. The third-order valence-corrected chi connectivity index (χ3v) is 3.49. The molecule has 0 aliphatic heterocycles. The van der Waals surface area contributed by atoms with E-state index in [4.69, 9.17) is 9.47 Å². The third kappa shape index (κ3) is 3.90. The number of para-hydroxylation sites is 1. The van der Waals surface area contributed by atoms with Crippen molar-refractivity contribution in [2.75, 3.05) is 19.1 Å². The Bertz CT molecular complexity index is 733. The van der Waals surface area contributed by atoms with E-state index in [9.17, 15) is 14.0 Å². The smallest absolute Gasteiger partial charge is 0.339 e. The number of rotatable bonds is 5. The molecule has 0 aliphatic carbocycles. The maximum atomic E-state index is 13.6. The first-order chi connectivity index (χ1) is 11.4. The summed E-state index contributed by atoms with van der Waals surface area (Å²) in [6.07, 6.45) is -1.01. The van der Waals surface area contributed by atoms with Crippen molar-refractivity contribution in [2.24, 2.45) is 0 Å². The number of halogens is 1. The van der Waals surface area contributed by atoms with Gasteiger partial charge in [0.25, 0.3) is 5.91 Å². The van der Waals surface area contributed by atoms with Crippen LogP contribution in [0.3, 0.4) is 0 Å². The molecule has 0 bridgehead atoms. The average molecular weight is 331 g/mol. The number of hydrogen-bond acceptors (Lipinski definition) is 4. The van der Waals surface area contributed by atoms with E-state index < -0.39 is 17.9 Å². The second kappa shape index (κ2) is 7.59. The lowest BCUT2D eigenvalue weighted by atomic mass is 10.2. The lowest BCUT2D eigenvalue weighted by molar-refractivity contribution is -0.126. The second-order valence-corrected chi connectivity index (χ2v) is 5.13. The van der Waals surface area contributed by atoms with Gasteiger partial charge in [-0.25, -0.2) is 9.18 Å². The summed E-state index contributed by atoms with van der Waals surface area (Å²) >= 11 is 0. The molecule has 6 heteroatoms. The SMILES string of the molecule is COc1ccc(C(=O)O[C@H](C)C(=O)N(C)c2ccccc2)cc1F. The van der Waals surface area contributed by atoms with Crippen molar-refractivity contribution >= 4 is 17.6 Å². The van der Waals surface area contributed by atoms with E-state index in [1.807, 2.05) is 6.07 Å². The fraction of sp³-hybridized carbons (Fsp3) is 0.222. The molecular weight excluding hydrogens is 313 g/mol. The Hall–Kier alpha value is -2.89. The topological polar surface area (TPSA) is 55.8 Å². The zero-order valence-corrected chi connectivity index (χ0v) is 13.7. The molecule has 0 aromatic heterocycles. The molecule has 0 N–H and O–H groups in total. The van der Waals surface area contributed by atoms with Crippen molar-refractivity contribution in [1.82, 2.24) is 0 Å². The fourth-order valence-corrected chi connectivity index (χ4v) is 2.12. The van der Waals surface area contributed by atoms with Gasteiger partial charge in [-0.3, -0.25) is 4.79 Å². The highest BCUT2D eigenvalue weighted by molar-refractivity contribution is 5.98. The van der Waals surface area contributed by atoms with Gasteiger partial charge in [0.15, 0.2) is 17.7 Å². The van der Waals surface area contributed by atoms with Crippen LogP contribution in [0.4, 0.5) is 10.1 Å². The van der Waals surface area contributed by atoms with E-state index in [0.29, 0.717) is 5.69 Å². The van der Waals surface area contributed by atoms with E-state index in [-0.39, 0.29) is 17.2 Å². The molecule has 0 unspecified atom stereocenters. The maximum Gasteiger partial charge on any atom is 0.339 e. The largest absolute Gasteiger partial charge is 0.494 e. The third-order valence-electron chi connectivity index (χ3n) is 3.49. The monoisotopic (exact) mass is 331 g/mol. The van der Waals surface area contributed by atoms with Crippen molar-refractivity contribution in [3.05, 3.63) is 59.9 Å². The molecule has 2 aromatic rings. The quantitative estimate of drug-likeness (QED) is 0.790. The van der Waals surface area contributed by atoms with Crippen LogP contribution in [0.15, 0.2) is 48.5 Å². The summed E-state index contributed by atoms with van der Waals surface area (Å²) in [6, 6.07) is 12.7. The van der Waals surface area contributed by atoms with Crippen molar-refractivity contribution in [3.63, 3.8) is 0 Å². The van der Waals surface area contributed by atoms with Gasteiger partial charge in [0.05, 0.1) is 12.7 Å². The molecule has 0 saturated heterocycles. The minimum absolute atomic E-state index is 0.00955. The van der Waals surface area contributed by atoms with Gasteiger partial charge in [-0.1, -0.05) is 18.2 Å². The van der Waals surface area contributed by atoms with E-state index >= 15 is 0 Å². The zero-order valence-electron chi connectivity index (χ0n) is 13.7. The summed E-state index contributed by atoms with van der Waals surface area (Å²) in [4.78, 5) is 25.8. The Labute approximate surface area is 139 Å². The number of anilines is 1. The number of amides is 1. The molecule has 24 heavy (non-hydrogen) atoms. The van der Waals surface area contributed by atoms with E-state index in [1.165, 1.54) is 31.1 Å². The van der Waals surface area contributed by atoms with Crippen LogP contribution in [0.2, 0.25) is 0 Å². The van der Waals surface area contributed by atoms with Crippen LogP contribution >= 0.6 is 0 Å². The van der Waals surface area contributed by atoms with Crippen LogP contribution in [-0.2, 0) is 9.53 Å². The number of esters is 1. The predicted octanol–water partition coefficient (Wildman–Crippen LogP) is 3.04. The van der Waals surface area contributed by atoms with Crippen molar-refractivity contribution < 1.29 is 23.5 Å². The molecule has 0 aliphatic rings. The van der Waals surface area contributed by atoms with Crippen LogP contribution in [0, 0.1) is 5.82 Å². The summed E-state index contributed by atoms with van der Waals surface area (Å²) in [5.41, 5.74) is 0.691. The molecule has 0 saturated carbocycles. The first-order valence-electron chi connectivity index (χ1n) is 7.31. The highest BCUT2D eigenvalue weighted by Crippen LogP contribution is 2.19. The van der Waals surface area contributed by atoms with Crippen LogP contribution in [0.5, 0.6) is 5.75 Å². The lowest BCUT2D eigenvalue weighted by Gasteiger charge is -2.21.